The standard InChI is InChI=1S/C16H19NO3S/c1-12-3-8-16(13(11-12)9-10-17)20-14-4-6-15(7-5-14)21(2,18)19/h3-8,11H,9-10,17H2,1-2H3. The van der Waals surface area contributed by atoms with E-state index in [1.54, 1.807) is 24.3 Å². The van der Waals surface area contributed by atoms with Gasteiger partial charge in [-0.2, -0.15) is 0 Å². The Morgan fingerprint density at radius 3 is 2.33 bits per heavy atom. The number of hydrogen-bond acceptors (Lipinski definition) is 4. The molecule has 0 aliphatic carbocycles. The highest BCUT2D eigenvalue weighted by molar-refractivity contribution is 7.90. The summed E-state index contributed by atoms with van der Waals surface area (Å²) in [5, 5.41) is 0. The molecule has 0 unspecified atom stereocenters. The van der Waals surface area contributed by atoms with Gasteiger partial charge in [0.05, 0.1) is 4.90 Å². The van der Waals surface area contributed by atoms with Crippen molar-refractivity contribution in [2.24, 2.45) is 5.73 Å². The van der Waals surface area contributed by atoms with Crippen LogP contribution in [0.15, 0.2) is 47.4 Å². The summed E-state index contributed by atoms with van der Waals surface area (Å²) in [6.07, 6.45) is 1.92. The fourth-order valence-electron chi connectivity index (χ4n) is 2.04. The van der Waals surface area contributed by atoms with Crippen molar-refractivity contribution in [2.45, 2.75) is 18.2 Å². The van der Waals surface area contributed by atoms with Crippen molar-refractivity contribution >= 4 is 9.84 Å². The lowest BCUT2D eigenvalue weighted by atomic mass is 10.1. The van der Waals surface area contributed by atoms with Crippen molar-refractivity contribution in [1.29, 1.82) is 0 Å². The van der Waals surface area contributed by atoms with Crippen molar-refractivity contribution in [3.8, 4) is 11.5 Å². The van der Waals surface area contributed by atoms with Crippen LogP contribution < -0.4 is 10.5 Å². The molecule has 0 atom stereocenters. The van der Waals surface area contributed by atoms with E-state index in [1.807, 2.05) is 25.1 Å². The zero-order chi connectivity index (χ0) is 15.5. The molecule has 2 aromatic rings. The lowest BCUT2D eigenvalue weighted by Crippen LogP contribution is -2.04. The molecule has 2 N–H and O–H groups in total. The summed E-state index contributed by atoms with van der Waals surface area (Å²) >= 11 is 0. The molecule has 0 aromatic heterocycles. The van der Waals surface area contributed by atoms with Crippen molar-refractivity contribution < 1.29 is 13.2 Å². The summed E-state index contributed by atoms with van der Waals surface area (Å²) in [4.78, 5) is 0.279. The Morgan fingerprint density at radius 1 is 1.10 bits per heavy atom. The Balaban J connectivity index is 2.26. The van der Waals surface area contributed by atoms with E-state index in [4.69, 9.17) is 10.5 Å². The van der Waals surface area contributed by atoms with Gasteiger partial charge >= 0.3 is 0 Å². The lowest BCUT2D eigenvalue weighted by molar-refractivity contribution is 0.475. The number of rotatable bonds is 5. The van der Waals surface area contributed by atoms with Gasteiger partial charge < -0.3 is 10.5 Å². The maximum atomic E-state index is 11.4. The number of benzene rings is 2. The predicted molar refractivity (Wildman–Crippen MR) is 83.6 cm³/mol. The number of sulfone groups is 1. The van der Waals surface area contributed by atoms with Gasteiger partial charge in [-0.25, -0.2) is 8.42 Å². The summed E-state index contributed by atoms with van der Waals surface area (Å²) in [6.45, 7) is 2.57. The van der Waals surface area contributed by atoms with Crippen molar-refractivity contribution in [1.82, 2.24) is 0 Å². The van der Waals surface area contributed by atoms with E-state index in [9.17, 15) is 8.42 Å². The molecule has 0 saturated heterocycles. The molecule has 0 aliphatic rings. The molecule has 0 spiro atoms. The first kappa shape index (κ1) is 15.5. The Morgan fingerprint density at radius 2 is 1.76 bits per heavy atom. The van der Waals surface area contributed by atoms with Gasteiger partial charge in [0, 0.05) is 6.26 Å². The van der Waals surface area contributed by atoms with E-state index < -0.39 is 9.84 Å². The molecule has 0 saturated carbocycles. The Labute approximate surface area is 125 Å². The van der Waals surface area contributed by atoms with Crippen molar-refractivity contribution in [3.63, 3.8) is 0 Å². The first-order valence-corrected chi connectivity index (χ1v) is 8.57. The lowest BCUT2D eigenvalue weighted by Gasteiger charge is -2.12. The van der Waals surface area contributed by atoms with Crippen molar-refractivity contribution in [3.05, 3.63) is 53.6 Å². The number of aryl methyl sites for hydroxylation is 1. The van der Waals surface area contributed by atoms with E-state index in [0.29, 0.717) is 12.3 Å². The Hall–Kier alpha value is -1.85. The SMILES string of the molecule is Cc1ccc(Oc2ccc(S(C)(=O)=O)cc2)c(CCN)c1. The van der Waals surface area contributed by atoms with Crippen LogP contribution in [0.3, 0.4) is 0 Å². The fourth-order valence-corrected chi connectivity index (χ4v) is 2.67. The van der Waals surface area contributed by atoms with E-state index >= 15 is 0 Å². The topological polar surface area (TPSA) is 69.4 Å². The molecule has 4 nitrogen and oxygen atoms in total. The van der Waals surface area contributed by atoms with Crippen LogP contribution in [0.2, 0.25) is 0 Å². The second-order valence-electron chi connectivity index (χ2n) is 5.00. The summed E-state index contributed by atoms with van der Waals surface area (Å²) in [7, 11) is -3.19. The van der Waals surface area contributed by atoms with Gasteiger partial charge in [-0.15, -0.1) is 0 Å². The minimum absolute atomic E-state index is 0.279. The van der Waals surface area contributed by atoms with E-state index in [2.05, 4.69) is 0 Å². The third kappa shape index (κ3) is 4.06. The van der Waals surface area contributed by atoms with Crippen LogP contribution in [-0.4, -0.2) is 21.2 Å². The number of ether oxygens (including phenoxy) is 1. The first-order chi connectivity index (χ1) is 9.90. The maximum Gasteiger partial charge on any atom is 0.175 e. The largest absolute Gasteiger partial charge is 0.457 e. The Kier molecular flexibility index (Phi) is 4.65. The van der Waals surface area contributed by atoms with Crippen LogP contribution >= 0.6 is 0 Å². The molecule has 2 aromatic carbocycles. The zero-order valence-electron chi connectivity index (χ0n) is 12.2. The van der Waals surface area contributed by atoms with Crippen LogP contribution in [0.4, 0.5) is 0 Å². The average molecular weight is 305 g/mol. The molecule has 112 valence electrons. The first-order valence-electron chi connectivity index (χ1n) is 6.68. The van der Waals surface area contributed by atoms with Crippen molar-refractivity contribution in [2.75, 3.05) is 12.8 Å². The minimum atomic E-state index is -3.19. The van der Waals surface area contributed by atoms with Gasteiger partial charge in [-0.05, 0) is 55.8 Å². The third-order valence-corrected chi connectivity index (χ3v) is 4.24. The summed E-state index contributed by atoms with van der Waals surface area (Å²) in [6, 6.07) is 12.3. The molecule has 2 rings (SSSR count). The number of hydrogen-bond donors (Lipinski definition) is 1. The van der Waals surface area contributed by atoms with Gasteiger partial charge in [-0.1, -0.05) is 17.7 Å². The smallest absolute Gasteiger partial charge is 0.175 e. The average Bonchev–Trinajstić information content (AvgIpc) is 2.42. The van der Waals surface area contributed by atoms with Gasteiger partial charge in [0.2, 0.25) is 0 Å². The van der Waals surface area contributed by atoms with Crippen LogP contribution in [-0.2, 0) is 16.3 Å². The quantitative estimate of drug-likeness (QED) is 0.922. The van der Waals surface area contributed by atoms with Gasteiger partial charge in [-0.3, -0.25) is 0 Å². The van der Waals surface area contributed by atoms with Crippen LogP contribution in [0, 0.1) is 6.92 Å². The van der Waals surface area contributed by atoms with E-state index in [0.717, 1.165) is 23.3 Å². The minimum Gasteiger partial charge on any atom is -0.457 e. The van der Waals surface area contributed by atoms with Crippen LogP contribution in [0.1, 0.15) is 11.1 Å². The third-order valence-electron chi connectivity index (χ3n) is 3.11. The molecule has 0 aliphatic heterocycles. The van der Waals surface area contributed by atoms with Gasteiger partial charge in [0.1, 0.15) is 11.5 Å². The normalized spacial score (nSPS) is 11.4. The highest BCUT2D eigenvalue weighted by atomic mass is 32.2. The zero-order valence-corrected chi connectivity index (χ0v) is 13.0. The molecule has 0 bridgehead atoms. The fraction of sp³-hybridized carbons (Fsp3) is 0.250. The second-order valence-corrected chi connectivity index (χ2v) is 7.01. The predicted octanol–water partition coefficient (Wildman–Crippen LogP) is 2.69. The highest BCUT2D eigenvalue weighted by Crippen LogP contribution is 2.27. The molecular formula is C16H19NO3S. The molecule has 5 heteroatoms. The van der Waals surface area contributed by atoms with Crippen LogP contribution in [0.5, 0.6) is 11.5 Å². The molecular weight excluding hydrogens is 286 g/mol. The molecule has 0 radical (unpaired) electrons. The second kappa shape index (κ2) is 6.28. The summed E-state index contributed by atoms with van der Waals surface area (Å²) < 4.78 is 28.7. The van der Waals surface area contributed by atoms with E-state index in [-0.39, 0.29) is 4.90 Å². The number of nitrogens with two attached hydrogens (primary N) is 1. The van der Waals surface area contributed by atoms with Crippen LogP contribution in [0.25, 0.3) is 0 Å². The molecule has 0 amide bonds. The summed E-state index contributed by atoms with van der Waals surface area (Å²) in [5.41, 5.74) is 7.82. The van der Waals surface area contributed by atoms with Gasteiger partial charge in [0.15, 0.2) is 9.84 Å². The monoisotopic (exact) mass is 305 g/mol. The molecule has 0 heterocycles. The maximum absolute atomic E-state index is 11.4. The van der Waals surface area contributed by atoms with Gasteiger partial charge in [0.25, 0.3) is 0 Å². The highest BCUT2D eigenvalue weighted by Gasteiger charge is 2.08. The van der Waals surface area contributed by atoms with E-state index in [1.165, 1.54) is 6.26 Å². The summed E-state index contributed by atoms with van der Waals surface area (Å²) in [5.74, 6) is 1.35. The Bertz CT molecular complexity index is 722. The molecule has 0 fully saturated rings. The molecule has 21 heavy (non-hydrogen) atoms.